The Morgan fingerprint density at radius 2 is 1.92 bits per heavy atom. The minimum atomic E-state index is -0.418. The van der Waals surface area contributed by atoms with Gasteiger partial charge in [-0.3, -0.25) is 4.79 Å². The first-order chi connectivity index (χ1) is 11.4. The molecule has 0 saturated heterocycles. The molecule has 0 fully saturated rings. The summed E-state index contributed by atoms with van der Waals surface area (Å²) in [6.45, 7) is -0.200. The van der Waals surface area contributed by atoms with E-state index in [4.69, 9.17) is 4.74 Å². The second-order valence-electron chi connectivity index (χ2n) is 4.48. The maximum atomic E-state index is 11.8. The molecule has 0 unspecified atom stereocenters. The topological polar surface area (TPSA) is 70.9 Å². The zero-order valence-corrected chi connectivity index (χ0v) is 18.8. The van der Waals surface area contributed by atoms with Crippen molar-refractivity contribution in [2.45, 2.75) is 0 Å². The van der Waals surface area contributed by atoms with E-state index in [0.29, 0.717) is 20.3 Å². The molecule has 0 aliphatic rings. The molecule has 0 aromatic heterocycles. The van der Waals surface area contributed by atoms with E-state index in [1.807, 2.05) is 12.1 Å². The lowest BCUT2D eigenvalue weighted by Crippen LogP contribution is -2.24. The van der Waals surface area contributed by atoms with Crippen molar-refractivity contribution in [2.24, 2.45) is 5.10 Å². The Morgan fingerprint density at radius 3 is 2.58 bits per heavy atom. The zero-order valence-electron chi connectivity index (χ0n) is 11.9. The van der Waals surface area contributed by atoms with Crippen LogP contribution in [0.25, 0.3) is 0 Å². The van der Waals surface area contributed by atoms with Crippen LogP contribution in [0.1, 0.15) is 5.56 Å². The SMILES string of the molecule is O=C(COc1c(Br)cc(Br)cc1Br)N/N=C\c1cc(I)ccc1O. The minimum Gasteiger partial charge on any atom is -0.507 e. The van der Waals surface area contributed by atoms with Crippen molar-refractivity contribution < 1.29 is 14.6 Å². The van der Waals surface area contributed by atoms with Gasteiger partial charge in [-0.25, -0.2) is 5.43 Å². The molecule has 5 nitrogen and oxygen atoms in total. The number of ether oxygens (including phenoxy) is 1. The molecule has 126 valence electrons. The lowest BCUT2D eigenvalue weighted by atomic mass is 10.2. The summed E-state index contributed by atoms with van der Waals surface area (Å²) in [4.78, 5) is 11.8. The molecule has 2 aromatic rings. The van der Waals surface area contributed by atoms with E-state index in [-0.39, 0.29) is 12.4 Å². The van der Waals surface area contributed by atoms with Gasteiger partial charge in [0.2, 0.25) is 0 Å². The number of carbonyl (C=O) groups excluding carboxylic acids is 1. The summed E-state index contributed by atoms with van der Waals surface area (Å²) in [5.41, 5.74) is 2.87. The summed E-state index contributed by atoms with van der Waals surface area (Å²) < 4.78 is 8.73. The molecule has 0 bridgehead atoms. The van der Waals surface area contributed by atoms with Gasteiger partial charge in [-0.05, 0) is 84.8 Å². The van der Waals surface area contributed by atoms with E-state index < -0.39 is 5.91 Å². The van der Waals surface area contributed by atoms with Crippen LogP contribution in [0.4, 0.5) is 0 Å². The number of aromatic hydroxyl groups is 1. The Hall–Kier alpha value is -0.650. The van der Waals surface area contributed by atoms with Crippen LogP contribution in [-0.2, 0) is 4.79 Å². The fourth-order valence-corrected chi connectivity index (χ4v) is 4.64. The molecule has 0 spiro atoms. The number of nitrogens with one attached hydrogen (secondary N) is 1. The summed E-state index contributed by atoms with van der Waals surface area (Å²) in [5, 5.41) is 13.5. The van der Waals surface area contributed by atoms with E-state index in [9.17, 15) is 9.90 Å². The first kappa shape index (κ1) is 19.7. The van der Waals surface area contributed by atoms with E-state index in [2.05, 4.69) is 80.9 Å². The van der Waals surface area contributed by atoms with Crippen molar-refractivity contribution in [3.8, 4) is 11.5 Å². The predicted octanol–water partition coefficient (Wildman–Crippen LogP) is 4.81. The van der Waals surface area contributed by atoms with Crippen LogP contribution in [0, 0.1) is 3.57 Å². The van der Waals surface area contributed by atoms with Crippen molar-refractivity contribution in [3.63, 3.8) is 0 Å². The maximum Gasteiger partial charge on any atom is 0.277 e. The molecule has 0 aliphatic heterocycles. The molecule has 0 atom stereocenters. The molecule has 0 aliphatic carbocycles. The van der Waals surface area contributed by atoms with E-state index in [1.54, 1.807) is 18.2 Å². The second kappa shape index (κ2) is 9.16. The van der Waals surface area contributed by atoms with Crippen LogP contribution in [0.15, 0.2) is 48.9 Å². The Labute approximate surface area is 177 Å². The van der Waals surface area contributed by atoms with Crippen molar-refractivity contribution in [3.05, 3.63) is 52.9 Å². The zero-order chi connectivity index (χ0) is 17.7. The molecule has 2 aromatic carbocycles. The number of hydrazone groups is 1. The monoisotopic (exact) mass is 630 g/mol. The third kappa shape index (κ3) is 5.71. The Kier molecular flexibility index (Phi) is 7.51. The van der Waals surface area contributed by atoms with Crippen molar-refractivity contribution >= 4 is 82.5 Å². The molecule has 9 heteroatoms. The normalized spacial score (nSPS) is 10.8. The van der Waals surface area contributed by atoms with Gasteiger partial charge in [0.15, 0.2) is 6.61 Å². The lowest BCUT2D eigenvalue weighted by molar-refractivity contribution is -0.123. The highest BCUT2D eigenvalue weighted by molar-refractivity contribution is 14.1. The van der Waals surface area contributed by atoms with Gasteiger partial charge in [0.25, 0.3) is 5.91 Å². The highest BCUT2D eigenvalue weighted by Crippen LogP contribution is 2.36. The van der Waals surface area contributed by atoms with Gasteiger partial charge in [0.05, 0.1) is 15.2 Å². The summed E-state index contributed by atoms with van der Waals surface area (Å²) in [6.07, 6.45) is 1.38. The van der Waals surface area contributed by atoms with E-state index >= 15 is 0 Å². The predicted molar refractivity (Wildman–Crippen MR) is 112 cm³/mol. The number of hydrogen-bond donors (Lipinski definition) is 2. The lowest BCUT2D eigenvalue weighted by Gasteiger charge is -2.09. The summed E-state index contributed by atoms with van der Waals surface area (Å²) in [5.74, 6) is 0.193. The van der Waals surface area contributed by atoms with Gasteiger partial charge >= 0.3 is 0 Å². The molecule has 0 radical (unpaired) electrons. The number of rotatable bonds is 5. The Balaban J connectivity index is 1.92. The Bertz CT molecular complexity index is 777. The number of phenols is 1. The first-order valence-electron chi connectivity index (χ1n) is 6.44. The van der Waals surface area contributed by atoms with Crippen LogP contribution in [0.3, 0.4) is 0 Å². The highest BCUT2D eigenvalue weighted by atomic mass is 127. The fourth-order valence-electron chi connectivity index (χ4n) is 1.64. The van der Waals surface area contributed by atoms with Crippen LogP contribution < -0.4 is 10.2 Å². The van der Waals surface area contributed by atoms with Crippen molar-refractivity contribution in [1.29, 1.82) is 0 Å². The van der Waals surface area contributed by atoms with Crippen molar-refractivity contribution in [2.75, 3.05) is 6.61 Å². The number of nitrogens with zero attached hydrogens (tertiary/aromatic N) is 1. The molecule has 2 N–H and O–H groups in total. The molecular weight excluding hydrogens is 623 g/mol. The number of carbonyl (C=O) groups is 1. The number of benzene rings is 2. The summed E-state index contributed by atoms with van der Waals surface area (Å²) in [6, 6.07) is 8.72. The number of amides is 1. The quantitative estimate of drug-likeness (QED) is 0.283. The molecular formula is C15H10Br3IN2O3. The maximum absolute atomic E-state index is 11.8. The van der Waals surface area contributed by atoms with Crippen LogP contribution in [0.2, 0.25) is 0 Å². The standard InChI is InChI=1S/C15H10Br3IN2O3/c16-9-4-11(17)15(12(18)5-9)24-7-14(23)21-20-6-8-3-10(19)1-2-13(8)22/h1-6,22H,7H2,(H,21,23)/b20-6-. The summed E-state index contributed by atoms with van der Waals surface area (Å²) >= 11 is 12.2. The van der Waals surface area contributed by atoms with Gasteiger partial charge in [0.1, 0.15) is 11.5 Å². The fraction of sp³-hybridized carbons (Fsp3) is 0.0667. The van der Waals surface area contributed by atoms with Gasteiger partial charge in [0, 0.05) is 13.6 Å². The van der Waals surface area contributed by atoms with Crippen molar-refractivity contribution in [1.82, 2.24) is 5.43 Å². The van der Waals surface area contributed by atoms with Crippen LogP contribution in [0.5, 0.6) is 11.5 Å². The molecule has 1 amide bonds. The number of phenolic OH excluding ortho intramolecular Hbond substituents is 1. The van der Waals surface area contributed by atoms with Gasteiger partial charge < -0.3 is 9.84 Å². The van der Waals surface area contributed by atoms with E-state index in [1.165, 1.54) is 6.21 Å². The average molecular weight is 633 g/mol. The minimum absolute atomic E-state index is 0.0902. The molecule has 24 heavy (non-hydrogen) atoms. The average Bonchev–Trinajstić information content (AvgIpc) is 2.49. The Morgan fingerprint density at radius 1 is 1.25 bits per heavy atom. The summed E-state index contributed by atoms with van der Waals surface area (Å²) in [7, 11) is 0. The third-order valence-corrected chi connectivity index (χ3v) is 5.00. The van der Waals surface area contributed by atoms with E-state index in [0.717, 1.165) is 8.04 Å². The number of halogens is 4. The smallest absolute Gasteiger partial charge is 0.277 e. The molecule has 2 rings (SSSR count). The second-order valence-corrected chi connectivity index (χ2v) is 8.35. The van der Waals surface area contributed by atoms with Gasteiger partial charge in [-0.1, -0.05) is 15.9 Å². The largest absolute Gasteiger partial charge is 0.507 e. The highest BCUT2D eigenvalue weighted by Gasteiger charge is 2.10. The van der Waals surface area contributed by atoms with Gasteiger partial charge in [-0.2, -0.15) is 5.10 Å². The molecule has 0 heterocycles. The third-order valence-electron chi connectivity index (χ3n) is 2.69. The number of hydrogen-bond acceptors (Lipinski definition) is 4. The first-order valence-corrected chi connectivity index (χ1v) is 9.90. The molecule has 0 saturated carbocycles. The van der Waals surface area contributed by atoms with Crippen LogP contribution >= 0.6 is 70.4 Å². The van der Waals surface area contributed by atoms with Gasteiger partial charge in [-0.15, -0.1) is 0 Å². The van der Waals surface area contributed by atoms with Crippen LogP contribution in [-0.4, -0.2) is 23.8 Å².